The topological polar surface area (TPSA) is 60.7 Å². The fraction of sp³-hybridized carbons (Fsp3) is 1.00. The van der Waals surface area contributed by atoms with Crippen molar-refractivity contribution >= 4 is 0 Å². The molecule has 0 spiro atoms. The molecule has 0 atom stereocenters. The van der Waals surface area contributed by atoms with E-state index in [9.17, 15) is 0 Å². The van der Waals surface area contributed by atoms with Crippen molar-refractivity contribution in [3.63, 3.8) is 0 Å². The van der Waals surface area contributed by atoms with Gasteiger partial charge < -0.3 is 15.3 Å². The molecular formula is C18H36O3. The smallest absolute Gasteiger partial charge is 0.0540 e. The monoisotopic (exact) mass is 300 g/mol. The summed E-state index contributed by atoms with van der Waals surface area (Å²) in [6, 6.07) is 0. The summed E-state index contributed by atoms with van der Waals surface area (Å²) >= 11 is 0. The highest BCUT2D eigenvalue weighted by molar-refractivity contribution is 4.62. The molecule has 0 aromatic rings. The highest BCUT2D eigenvalue weighted by Crippen LogP contribution is 2.17. The van der Waals surface area contributed by atoms with Crippen molar-refractivity contribution in [2.24, 2.45) is 0 Å². The van der Waals surface area contributed by atoms with Gasteiger partial charge in [0.15, 0.2) is 0 Å². The van der Waals surface area contributed by atoms with Crippen LogP contribution in [0.5, 0.6) is 0 Å². The van der Waals surface area contributed by atoms with E-state index in [1.165, 1.54) is 57.8 Å². The van der Waals surface area contributed by atoms with E-state index in [-0.39, 0.29) is 18.3 Å². The van der Waals surface area contributed by atoms with Crippen LogP contribution in [0.1, 0.15) is 96.3 Å². The summed E-state index contributed by atoms with van der Waals surface area (Å²) in [6.07, 6.45) is 17.8. The number of hydrogen-bond acceptors (Lipinski definition) is 3. The first-order chi connectivity index (χ1) is 10.2. The zero-order valence-corrected chi connectivity index (χ0v) is 13.7. The average molecular weight is 300 g/mol. The Kier molecular flexibility index (Phi) is 11.2. The minimum atomic E-state index is 0.0359. The summed E-state index contributed by atoms with van der Waals surface area (Å²) in [5.74, 6) is 0. The van der Waals surface area contributed by atoms with Crippen molar-refractivity contribution < 1.29 is 15.3 Å². The third-order valence-electron chi connectivity index (χ3n) is 4.72. The fourth-order valence-corrected chi connectivity index (χ4v) is 3.24. The molecule has 3 N–H and O–H groups in total. The summed E-state index contributed by atoms with van der Waals surface area (Å²) < 4.78 is 0. The zero-order valence-electron chi connectivity index (χ0n) is 13.7. The average Bonchev–Trinajstić information content (AvgIpc) is 2.51. The summed E-state index contributed by atoms with van der Waals surface area (Å²) in [5.41, 5.74) is 0. The van der Waals surface area contributed by atoms with Crippen molar-refractivity contribution in [3.05, 3.63) is 0 Å². The lowest BCUT2D eigenvalue weighted by Gasteiger charge is -2.14. The van der Waals surface area contributed by atoms with Crippen LogP contribution in [0.3, 0.4) is 0 Å². The molecule has 3 fully saturated rings. The maximum absolute atomic E-state index is 8.91. The minimum absolute atomic E-state index is 0.0359. The van der Waals surface area contributed by atoms with Crippen molar-refractivity contribution in [3.8, 4) is 0 Å². The first kappa shape index (κ1) is 18.9. The Morgan fingerprint density at radius 2 is 0.524 bits per heavy atom. The molecule has 0 amide bonds. The van der Waals surface area contributed by atoms with Gasteiger partial charge >= 0.3 is 0 Å². The molecule has 3 aliphatic rings. The second-order valence-electron chi connectivity index (χ2n) is 6.88. The molecule has 3 saturated carbocycles. The predicted molar refractivity (Wildman–Crippen MR) is 87.3 cm³/mol. The van der Waals surface area contributed by atoms with E-state index in [1.54, 1.807) is 0 Å². The molecule has 0 unspecified atom stereocenters. The second-order valence-corrected chi connectivity index (χ2v) is 6.88. The Morgan fingerprint density at radius 1 is 0.333 bits per heavy atom. The number of aliphatic hydroxyl groups is 3. The molecule has 126 valence electrons. The van der Waals surface area contributed by atoms with E-state index in [1.807, 2.05) is 0 Å². The fourth-order valence-electron chi connectivity index (χ4n) is 3.24. The standard InChI is InChI=1S/3C6H12O/c3*7-6-4-2-1-3-5-6/h3*6-7H,1-5H2. The van der Waals surface area contributed by atoms with Crippen LogP contribution in [0.25, 0.3) is 0 Å². The second kappa shape index (κ2) is 12.4. The van der Waals surface area contributed by atoms with Crippen LogP contribution in [0.2, 0.25) is 0 Å². The van der Waals surface area contributed by atoms with Crippen LogP contribution < -0.4 is 0 Å². The SMILES string of the molecule is OC1CCCCC1.OC1CCCCC1.OC1CCCCC1. The summed E-state index contributed by atoms with van der Waals surface area (Å²) in [6.45, 7) is 0. The van der Waals surface area contributed by atoms with Crippen molar-refractivity contribution in [2.75, 3.05) is 0 Å². The molecule has 3 heteroatoms. The first-order valence-electron chi connectivity index (χ1n) is 9.22. The molecule has 0 saturated heterocycles. The van der Waals surface area contributed by atoms with Crippen molar-refractivity contribution in [1.29, 1.82) is 0 Å². The van der Waals surface area contributed by atoms with Gasteiger partial charge in [0.1, 0.15) is 0 Å². The first-order valence-corrected chi connectivity index (χ1v) is 9.22. The Balaban J connectivity index is 0.000000157. The number of rotatable bonds is 0. The largest absolute Gasteiger partial charge is 0.393 e. The van der Waals surface area contributed by atoms with Crippen LogP contribution in [0.15, 0.2) is 0 Å². The molecule has 0 bridgehead atoms. The lowest BCUT2D eigenvalue weighted by molar-refractivity contribution is 0.130. The minimum Gasteiger partial charge on any atom is -0.393 e. The molecule has 3 rings (SSSR count). The third kappa shape index (κ3) is 11.1. The molecule has 21 heavy (non-hydrogen) atoms. The van der Waals surface area contributed by atoms with Gasteiger partial charge in [0.2, 0.25) is 0 Å². The summed E-state index contributed by atoms with van der Waals surface area (Å²) in [4.78, 5) is 0. The van der Waals surface area contributed by atoms with Gasteiger partial charge in [-0.15, -0.1) is 0 Å². The van der Waals surface area contributed by atoms with Crippen molar-refractivity contribution in [2.45, 2.75) is 115 Å². The van der Waals surface area contributed by atoms with Crippen molar-refractivity contribution in [1.82, 2.24) is 0 Å². The Hall–Kier alpha value is -0.120. The van der Waals surface area contributed by atoms with Gasteiger partial charge in [-0.25, -0.2) is 0 Å². The third-order valence-corrected chi connectivity index (χ3v) is 4.72. The van der Waals surface area contributed by atoms with Crippen LogP contribution in [0, 0.1) is 0 Å². The van der Waals surface area contributed by atoms with E-state index in [4.69, 9.17) is 15.3 Å². The number of aliphatic hydroxyl groups excluding tert-OH is 3. The van der Waals surface area contributed by atoms with Crippen LogP contribution >= 0.6 is 0 Å². The van der Waals surface area contributed by atoms with Gasteiger partial charge in [-0.05, 0) is 38.5 Å². The normalized spacial score (nSPS) is 25.3. The van der Waals surface area contributed by atoms with Gasteiger partial charge in [0, 0.05) is 0 Å². The lowest BCUT2D eigenvalue weighted by Crippen LogP contribution is -2.09. The predicted octanol–water partition coefficient (Wildman–Crippen LogP) is 3.93. The van der Waals surface area contributed by atoms with E-state index in [0.717, 1.165) is 38.5 Å². The van der Waals surface area contributed by atoms with Gasteiger partial charge in [0.05, 0.1) is 18.3 Å². The summed E-state index contributed by atoms with van der Waals surface area (Å²) in [5, 5.41) is 26.7. The Morgan fingerprint density at radius 3 is 0.619 bits per heavy atom. The Bertz CT molecular complexity index is 176. The molecule has 0 aromatic carbocycles. The molecule has 0 heterocycles. The number of hydrogen-bond donors (Lipinski definition) is 3. The molecule has 0 aliphatic heterocycles. The van der Waals surface area contributed by atoms with Crippen LogP contribution in [-0.4, -0.2) is 33.6 Å². The van der Waals surface area contributed by atoms with Gasteiger partial charge in [0.25, 0.3) is 0 Å². The van der Waals surface area contributed by atoms with Gasteiger partial charge in [-0.1, -0.05) is 57.8 Å². The van der Waals surface area contributed by atoms with E-state index in [2.05, 4.69) is 0 Å². The molecule has 0 radical (unpaired) electrons. The van der Waals surface area contributed by atoms with Crippen LogP contribution in [-0.2, 0) is 0 Å². The maximum atomic E-state index is 8.91. The Labute approximate surface area is 130 Å². The molecule has 3 nitrogen and oxygen atoms in total. The van der Waals surface area contributed by atoms with Gasteiger partial charge in [-0.3, -0.25) is 0 Å². The summed E-state index contributed by atoms with van der Waals surface area (Å²) in [7, 11) is 0. The molecule has 0 aromatic heterocycles. The quantitative estimate of drug-likeness (QED) is 0.635. The maximum Gasteiger partial charge on any atom is 0.0540 e. The molecule has 3 aliphatic carbocycles. The zero-order chi connectivity index (χ0) is 15.3. The van der Waals surface area contributed by atoms with E-state index >= 15 is 0 Å². The highest BCUT2D eigenvalue weighted by Gasteiger charge is 2.08. The highest BCUT2D eigenvalue weighted by atomic mass is 16.3. The van der Waals surface area contributed by atoms with E-state index < -0.39 is 0 Å². The lowest BCUT2D eigenvalue weighted by atomic mass is 9.98. The van der Waals surface area contributed by atoms with Gasteiger partial charge in [-0.2, -0.15) is 0 Å². The van der Waals surface area contributed by atoms with E-state index in [0.29, 0.717) is 0 Å². The molecular weight excluding hydrogens is 264 g/mol. The van der Waals surface area contributed by atoms with Crippen LogP contribution in [0.4, 0.5) is 0 Å².